The maximum absolute atomic E-state index is 8.52. The van der Waals surface area contributed by atoms with Crippen LogP contribution < -0.4 is 243 Å². The van der Waals surface area contributed by atoms with E-state index in [2.05, 4.69) is 0 Å². The molecule has 0 aliphatic heterocycles. The molecule has 0 aliphatic carbocycles. The fourth-order valence-corrected chi connectivity index (χ4v) is 0. The van der Waals surface area contributed by atoms with Crippen LogP contribution in [0.1, 0.15) is 0 Å². The third-order valence-electron chi connectivity index (χ3n) is 0. The first-order valence-corrected chi connectivity index (χ1v) is 10.2. The van der Waals surface area contributed by atoms with E-state index >= 15 is 0 Å². The zero-order chi connectivity index (χ0) is 32.3. The van der Waals surface area contributed by atoms with Crippen LogP contribution in [0.25, 0.3) is 0 Å². The summed E-state index contributed by atoms with van der Waals surface area (Å²) < 4.78 is 136. The van der Waals surface area contributed by atoms with Gasteiger partial charge in [0.05, 0.1) is 20.3 Å². The molecular weight excluding hydrogens is 939 g/mol. The van der Waals surface area contributed by atoms with E-state index < -0.39 is 61.9 Å². The maximum Gasteiger partial charge on any atom is 2.00 e. The molecule has 6 N–H and O–H groups in total. The predicted molar refractivity (Wildman–Crippen MR) is 111 cm³/mol. The Morgan fingerprint density at radius 2 is 0.292 bits per heavy atom. The van der Waals surface area contributed by atoms with Gasteiger partial charge in [0.15, 0.2) is 0 Å². The molecule has 0 bridgehead atoms. The summed E-state index contributed by atoms with van der Waals surface area (Å²) in [5.74, 6) is 0. The van der Waals surface area contributed by atoms with E-state index in [1.807, 2.05) is 0 Å². The number of rotatable bonds is 0. The van der Waals surface area contributed by atoms with Gasteiger partial charge in [0.1, 0.15) is 0 Å². The largest absolute Gasteiger partial charge is 2.00 e. The van der Waals surface area contributed by atoms with E-state index in [0.717, 1.165) is 0 Å². The van der Waals surface area contributed by atoms with Gasteiger partial charge >= 0.3 is 312 Å². The molecule has 0 unspecified atom stereocenters. The fraction of sp³-hybridized carbons (Fsp3) is 0. The fourth-order valence-electron chi connectivity index (χ4n) is 0. The van der Waals surface area contributed by atoms with Crippen LogP contribution in [0.15, 0.2) is 0 Å². The van der Waals surface area contributed by atoms with E-state index in [0.29, 0.717) is 0 Å². The van der Waals surface area contributed by atoms with Gasteiger partial charge in [-0.05, 0) is 0 Å². The number of hydrogen-bond donors (Lipinski definition) is 0. The minimum Gasteiger partial charge on any atom is -0.759 e. The van der Waals surface area contributed by atoms with Crippen molar-refractivity contribution >= 4 is 111 Å². The molecule has 48 heteroatoms. The average Bonchev–Trinajstić information content (AvgIpc) is 2.24. The quantitative estimate of drug-likeness (QED) is 0.0715. The molecule has 0 atom stereocenters. The number of nitrogens with zero attached hydrogens (tertiary/aromatic N) is 4. The Labute approximate surface area is 509 Å². The van der Waals surface area contributed by atoms with E-state index in [9.17, 15) is 0 Å². The third kappa shape index (κ3) is 3410. The van der Waals surface area contributed by atoms with Gasteiger partial charge < -0.3 is 114 Å². The molecule has 0 amide bonds. The second kappa shape index (κ2) is 81.5. The molecule has 0 spiro atoms. The van der Waals surface area contributed by atoms with Gasteiger partial charge in [-0.1, -0.05) is 0 Å². The molecule has 0 aromatic carbocycles. The maximum atomic E-state index is 8.52. The van der Waals surface area contributed by atoms with Crippen molar-refractivity contribution in [2.45, 2.75) is 0 Å². The zero-order valence-corrected chi connectivity index (χ0v) is 47.4. The summed E-state index contributed by atoms with van der Waals surface area (Å²) in [5.41, 5.74) is 0. The van der Waals surface area contributed by atoms with Gasteiger partial charge in [-0.3, -0.25) is 33.7 Å². The van der Waals surface area contributed by atoms with Crippen molar-refractivity contribution in [2.75, 3.05) is 0 Å². The molecule has 0 aromatic heterocycles. The van der Waals surface area contributed by atoms with Crippen LogP contribution in [0.2, 0.25) is 0 Å². The van der Waals surface area contributed by atoms with Gasteiger partial charge in [-0.2, -0.15) is 0 Å². The summed E-state index contributed by atoms with van der Waals surface area (Å²) in [6.45, 7) is 0. The molecule has 0 heterocycles. The predicted octanol–water partition coefficient (Wildman–Crippen LogP) is -27.9. The van der Waals surface area contributed by atoms with Crippen LogP contribution in [0.5, 0.6) is 0 Å². The van der Waals surface area contributed by atoms with Crippen molar-refractivity contribution in [2.24, 2.45) is 0 Å². The first kappa shape index (κ1) is 131. The summed E-state index contributed by atoms with van der Waals surface area (Å²) in [7, 11) is -20.7. The second-order valence-electron chi connectivity index (χ2n) is 2.53. The minimum absolute atomic E-state index is 0. The van der Waals surface area contributed by atoms with Crippen molar-refractivity contribution in [3.05, 3.63) is 61.3 Å². The molecule has 0 rings (SSSR count). The van der Waals surface area contributed by atoms with Gasteiger partial charge in [0.2, 0.25) is 0 Å². The van der Waals surface area contributed by atoms with Crippen LogP contribution in [0.3, 0.4) is 0 Å². The van der Waals surface area contributed by atoms with Gasteiger partial charge in [-0.25, -0.2) is 0 Å². The van der Waals surface area contributed by atoms with Crippen LogP contribution in [0, 0.1) is 61.3 Å². The summed E-state index contributed by atoms with van der Waals surface area (Å²) in [6.07, 6.45) is 0. The molecule has 0 fully saturated rings. The molecule has 0 saturated heterocycles. The van der Waals surface area contributed by atoms with Crippen LogP contribution in [-0.2, 0) is 41.6 Å². The Hall–Kier alpha value is 6.37. The van der Waals surface area contributed by atoms with Gasteiger partial charge in [0, 0.05) is 41.6 Å². The molecule has 248 valence electrons. The molecule has 35 nitrogen and oxygen atoms in total. The van der Waals surface area contributed by atoms with E-state index in [-0.39, 0.29) is 328 Å². The SMILES string of the molecule is O.O.O.O=S(=O)([O-])[O-].O=S(=O)([O-])[O-].O=S(=O)([O-])[O-].O=S(=O)([O-])[O-].O=[N+]([O-])[O-].O=[N+]([O-])[O-].O=[N+]([O-])[O-].O=[N+]([O-])[O-].[K+].[K+].[K+].[Mg+2].[Mg+2].[Mg+2].[Na+].[Na+].[Na+]. The Morgan fingerprint density at radius 3 is 0.292 bits per heavy atom. The monoisotopic (exact) mass is 944 g/mol. The van der Waals surface area contributed by atoms with E-state index in [1.54, 1.807) is 0 Å². The number of hydrogen-bond acceptors (Lipinski definition) is 28. The first-order chi connectivity index (χ1) is 14.9. The van der Waals surface area contributed by atoms with Crippen molar-refractivity contribution in [3.8, 4) is 0 Å². The zero-order valence-electron chi connectivity index (χ0n) is 24.5. The summed E-state index contributed by atoms with van der Waals surface area (Å²) in [6, 6.07) is 0. The Kier molecular flexibility index (Phi) is 223. The standard InChI is InChI=1S/3K.3Mg.4NO3.3Na.4H2O4S.3H2O/c;;;;;;4*2-1(3)4;;;;4*1-5(2,3)4;;;/h;;;;;;;;;;;;;4*(H2,1,2,3,4);3*1H2/q3*+1;3*+2;4*-1;3*+1;;;;;;;/p-8. The second-order valence-corrected chi connectivity index (χ2v) is 5.79. The van der Waals surface area contributed by atoms with Crippen molar-refractivity contribution in [1.29, 1.82) is 0 Å². The molecular formula is H6K3Mg3N4Na3O31S4. The molecule has 0 aromatic rings. The minimum atomic E-state index is -5.17. The van der Waals surface area contributed by atoms with Gasteiger partial charge in [-0.15, -0.1) is 0 Å². The van der Waals surface area contributed by atoms with Crippen molar-refractivity contribution < 1.29 is 350 Å². The first-order valence-electron chi connectivity index (χ1n) is 4.86. The van der Waals surface area contributed by atoms with Crippen molar-refractivity contribution in [1.82, 2.24) is 0 Å². The normalized spacial score (nSPS) is 6.83. The van der Waals surface area contributed by atoms with Crippen LogP contribution in [-0.4, -0.2) is 176 Å². The summed E-state index contributed by atoms with van der Waals surface area (Å²) in [4.78, 5) is 33.0. The molecule has 0 radical (unpaired) electrons. The molecule has 0 saturated carbocycles. The Balaban J connectivity index is -0.0000000100. The average molecular weight is 945 g/mol. The third-order valence-corrected chi connectivity index (χ3v) is 0. The summed E-state index contributed by atoms with van der Waals surface area (Å²) in [5, 5.41) is 59.0. The Morgan fingerprint density at radius 1 is 0.292 bits per heavy atom. The van der Waals surface area contributed by atoms with Gasteiger partial charge in [0.25, 0.3) is 0 Å². The topological polar surface area (TPSA) is 680 Å². The van der Waals surface area contributed by atoms with Crippen molar-refractivity contribution in [3.63, 3.8) is 0 Å². The van der Waals surface area contributed by atoms with Crippen LogP contribution in [0.4, 0.5) is 0 Å². The molecule has 0 aliphatic rings. The summed E-state index contributed by atoms with van der Waals surface area (Å²) >= 11 is 0. The van der Waals surface area contributed by atoms with E-state index in [1.165, 1.54) is 0 Å². The smallest absolute Gasteiger partial charge is 0.759 e. The van der Waals surface area contributed by atoms with Crippen LogP contribution >= 0.6 is 0 Å². The van der Waals surface area contributed by atoms with E-state index in [4.69, 9.17) is 131 Å². The molecule has 48 heavy (non-hydrogen) atoms. The Bertz CT molecular complexity index is 822.